The van der Waals surface area contributed by atoms with Crippen molar-refractivity contribution in [3.05, 3.63) is 17.1 Å². The Morgan fingerprint density at radius 2 is 1.85 bits per heavy atom. The molecule has 0 saturated heterocycles. The molecule has 2 atom stereocenters. The van der Waals surface area contributed by atoms with Gasteiger partial charge in [-0.05, 0) is 52.0 Å². The molecule has 2 aromatic rings. The molecule has 0 fully saturated rings. The lowest BCUT2D eigenvalue weighted by Gasteiger charge is -2.15. The SMILES string of the molecule is CCCC[S+]([O-])CCCCCn1c(C(C)OC)nc2c(N)nc(C)c(C)c21. The van der Waals surface area contributed by atoms with Crippen molar-refractivity contribution in [2.45, 2.75) is 72.4 Å². The summed E-state index contributed by atoms with van der Waals surface area (Å²) >= 11 is -0.669. The fourth-order valence-electron chi connectivity index (χ4n) is 3.28. The number of rotatable bonds is 11. The molecule has 0 saturated carbocycles. The highest BCUT2D eigenvalue weighted by Crippen LogP contribution is 2.29. The van der Waals surface area contributed by atoms with Crippen LogP contribution in [0.5, 0.6) is 0 Å². The number of anilines is 1. The molecule has 0 radical (unpaired) electrons. The van der Waals surface area contributed by atoms with E-state index in [0.29, 0.717) is 5.82 Å². The number of hydrogen-bond acceptors (Lipinski definition) is 5. The quantitative estimate of drug-likeness (QED) is 0.458. The van der Waals surface area contributed by atoms with Gasteiger partial charge in [0.2, 0.25) is 0 Å². The van der Waals surface area contributed by atoms with Crippen LogP contribution in [0.1, 0.15) is 69.1 Å². The van der Waals surface area contributed by atoms with Gasteiger partial charge in [-0.1, -0.05) is 24.5 Å². The first-order chi connectivity index (χ1) is 12.9. The van der Waals surface area contributed by atoms with Gasteiger partial charge in [0.1, 0.15) is 29.0 Å². The lowest BCUT2D eigenvalue weighted by molar-refractivity contribution is 0.109. The number of nitrogen functional groups attached to an aromatic ring is 1. The fraction of sp³-hybridized carbons (Fsp3) is 0.700. The Labute approximate surface area is 166 Å². The number of imidazole rings is 1. The first-order valence-corrected chi connectivity index (χ1v) is 11.4. The molecule has 0 bridgehead atoms. The average molecular weight is 395 g/mol. The summed E-state index contributed by atoms with van der Waals surface area (Å²) in [5, 5.41) is 0. The van der Waals surface area contributed by atoms with Crippen molar-refractivity contribution in [1.82, 2.24) is 14.5 Å². The van der Waals surface area contributed by atoms with Gasteiger partial charge in [0, 0.05) is 19.3 Å². The normalized spacial score (nSPS) is 14.0. The molecule has 0 amide bonds. The smallest absolute Gasteiger partial charge is 0.151 e. The van der Waals surface area contributed by atoms with Crippen LogP contribution in [0.15, 0.2) is 0 Å². The van der Waals surface area contributed by atoms with Crippen molar-refractivity contribution in [1.29, 1.82) is 0 Å². The second-order valence-electron chi connectivity index (χ2n) is 7.17. The molecular weight excluding hydrogens is 360 g/mol. The van der Waals surface area contributed by atoms with Crippen LogP contribution in [0, 0.1) is 13.8 Å². The molecule has 0 aliphatic heterocycles. The molecule has 0 aliphatic carbocycles. The minimum Gasteiger partial charge on any atom is -0.616 e. The first-order valence-electron chi connectivity index (χ1n) is 9.91. The minimum atomic E-state index is -0.669. The summed E-state index contributed by atoms with van der Waals surface area (Å²) in [6.45, 7) is 9.04. The second-order valence-corrected chi connectivity index (χ2v) is 8.86. The van der Waals surface area contributed by atoms with Crippen molar-refractivity contribution < 1.29 is 9.29 Å². The van der Waals surface area contributed by atoms with Crippen molar-refractivity contribution in [3.8, 4) is 0 Å². The first kappa shape index (κ1) is 22.0. The van der Waals surface area contributed by atoms with Gasteiger partial charge in [0.15, 0.2) is 5.82 Å². The number of ether oxygens (including phenoxy) is 1. The zero-order valence-electron chi connectivity index (χ0n) is 17.4. The maximum absolute atomic E-state index is 11.9. The molecule has 6 nitrogen and oxygen atoms in total. The maximum atomic E-state index is 11.9. The van der Waals surface area contributed by atoms with E-state index in [1.54, 1.807) is 7.11 Å². The molecule has 0 aliphatic rings. The summed E-state index contributed by atoms with van der Waals surface area (Å²) in [6.07, 6.45) is 5.12. The number of hydrogen-bond donors (Lipinski definition) is 1. The molecular formula is C20H34N4O2S. The Balaban J connectivity index is 2.11. The summed E-state index contributed by atoms with van der Waals surface area (Å²) in [5.41, 5.74) is 10.0. The molecule has 27 heavy (non-hydrogen) atoms. The van der Waals surface area contributed by atoms with E-state index in [4.69, 9.17) is 15.5 Å². The summed E-state index contributed by atoms with van der Waals surface area (Å²) < 4.78 is 19.7. The summed E-state index contributed by atoms with van der Waals surface area (Å²) in [5.74, 6) is 3.01. The summed E-state index contributed by atoms with van der Waals surface area (Å²) in [4.78, 5) is 9.17. The number of aromatic nitrogens is 3. The van der Waals surface area contributed by atoms with Crippen LogP contribution in [-0.4, -0.2) is 37.7 Å². The van der Waals surface area contributed by atoms with Gasteiger partial charge in [-0.25, -0.2) is 9.97 Å². The van der Waals surface area contributed by atoms with Crippen molar-refractivity contribution in [2.24, 2.45) is 0 Å². The third kappa shape index (κ3) is 5.36. The summed E-state index contributed by atoms with van der Waals surface area (Å²) in [6, 6.07) is 0. The Morgan fingerprint density at radius 3 is 2.52 bits per heavy atom. The minimum absolute atomic E-state index is 0.113. The highest BCUT2D eigenvalue weighted by Gasteiger charge is 2.20. The van der Waals surface area contributed by atoms with Gasteiger partial charge in [-0.2, -0.15) is 0 Å². The van der Waals surface area contributed by atoms with Gasteiger partial charge in [0.05, 0.1) is 5.52 Å². The third-order valence-corrected chi connectivity index (χ3v) is 6.61. The third-order valence-electron chi connectivity index (χ3n) is 5.12. The predicted molar refractivity (Wildman–Crippen MR) is 113 cm³/mol. The van der Waals surface area contributed by atoms with E-state index in [9.17, 15) is 4.55 Å². The molecule has 7 heteroatoms. The zero-order chi connectivity index (χ0) is 20.0. The van der Waals surface area contributed by atoms with Crippen molar-refractivity contribution in [3.63, 3.8) is 0 Å². The number of pyridine rings is 1. The van der Waals surface area contributed by atoms with Crippen LogP contribution in [-0.2, 0) is 22.5 Å². The molecule has 152 valence electrons. The van der Waals surface area contributed by atoms with E-state index in [1.807, 2.05) is 13.8 Å². The topological polar surface area (TPSA) is 89.0 Å². The largest absolute Gasteiger partial charge is 0.616 e. The average Bonchev–Trinajstić information content (AvgIpc) is 3.03. The molecule has 0 aromatic carbocycles. The maximum Gasteiger partial charge on any atom is 0.151 e. The lowest BCUT2D eigenvalue weighted by Crippen LogP contribution is -2.12. The van der Waals surface area contributed by atoms with E-state index in [0.717, 1.165) is 78.3 Å². The van der Waals surface area contributed by atoms with Crippen molar-refractivity contribution in [2.75, 3.05) is 24.3 Å². The molecule has 2 heterocycles. The van der Waals surface area contributed by atoms with Crippen LogP contribution in [0.25, 0.3) is 11.0 Å². The monoisotopic (exact) mass is 394 g/mol. The lowest BCUT2D eigenvalue weighted by atomic mass is 10.2. The molecule has 0 spiro atoms. The summed E-state index contributed by atoms with van der Waals surface area (Å²) in [7, 11) is 1.69. The van der Waals surface area contributed by atoms with Crippen LogP contribution in [0.4, 0.5) is 5.82 Å². The van der Waals surface area contributed by atoms with Crippen molar-refractivity contribution >= 4 is 28.0 Å². The zero-order valence-corrected chi connectivity index (χ0v) is 18.2. The number of aryl methyl sites for hydroxylation is 3. The van der Waals surface area contributed by atoms with Gasteiger partial charge in [0.25, 0.3) is 0 Å². The number of unbranched alkanes of at least 4 members (excludes halogenated alkanes) is 3. The van der Waals surface area contributed by atoms with Crippen LogP contribution >= 0.6 is 0 Å². The Morgan fingerprint density at radius 1 is 1.15 bits per heavy atom. The Hall–Kier alpha value is -1.31. The molecule has 2 N–H and O–H groups in total. The van der Waals surface area contributed by atoms with E-state index in [1.165, 1.54) is 0 Å². The van der Waals surface area contributed by atoms with E-state index in [2.05, 4.69) is 23.4 Å². The van der Waals surface area contributed by atoms with Crippen LogP contribution in [0.3, 0.4) is 0 Å². The highest BCUT2D eigenvalue weighted by molar-refractivity contribution is 7.91. The second kappa shape index (κ2) is 10.3. The van der Waals surface area contributed by atoms with Crippen LogP contribution in [0.2, 0.25) is 0 Å². The molecule has 2 unspecified atom stereocenters. The van der Waals surface area contributed by atoms with Gasteiger partial charge in [-0.3, -0.25) is 0 Å². The Kier molecular flexibility index (Phi) is 8.38. The predicted octanol–water partition coefficient (Wildman–Crippen LogP) is 4.06. The number of nitrogens with zero attached hydrogens (tertiary/aromatic N) is 3. The Bertz CT molecular complexity index is 747. The van der Waals surface area contributed by atoms with Crippen LogP contribution < -0.4 is 5.73 Å². The van der Waals surface area contributed by atoms with Gasteiger partial charge >= 0.3 is 0 Å². The van der Waals surface area contributed by atoms with Gasteiger partial charge in [-0.15, -0.1) is 0 Å². The van der Waals surface area contributed by atoms with E-state index in [-0.39, 0.29) is 6.10 Å². The standard InChI is InChI=1S/C20H34N4O2S/c1-6-7-12-27(25)13-10-8-9-11-24-18-14(2)15(3)22-19(21)17(18)23-20(24)16(4)26-5/h16H,6-13H2,1-5H3,(H2,21,22). The van der Waals surface area contributed by atoms with E-state index < -0.39 is 11.2 Å². The highest BCUT2D eigenvalue weighted by atomic mass is 32.2. The van der Waals surface area contributed by atoms with E-state index >= 15 is 0 Å². The van der Waals surface area contributed by atoms with Gasteiger partial charge < -0.3 is 19.6 Å². The molecule has 2 aromatic heterocycles. The number of methoxy groups -OCH3 is 1. The molecule has 2 rings (SSSR count). The number of fused-ring (bicyclic) bond motifs is 1. The number of nitrogens with two attached hydrogens (primary N) is 1. The fourth-order valence-corrected chi connectivity index (χ4v) is 4.62.